The molecule has 80 valence electrons. The maximum atomic E-state index is 11.0. The number of carbonyl (C=O) groups is 2. The molecule has 0 saturated carbocycles. The normalized spacial score (nSPS) is 16.6. The van der Waals surface area contributed by atoms with Gasteiger partial charge in [0.15, 0.2) is 0 Å². The minimum absolute atomic E-state index is 0.0789. The molecule has 1 heterocycles. The van der Waals surface area contributed by atoms with Crippen molar-refractivity contribution in [1.82, 2.24) is 15.5 Å². The fourth-order valence-electron chi connectivity index (χ4n) is 1.53. The molecule has 0 bridgehead atoms. The van der Waals surface area contributed by atoms with Crippen LogP contribution < -0.4 is 10.6 Å². The van der Waals surface area contributed by atoms with E-state index in [2.05, 4.69) is 15.5 Å². The predicted octanol–water partition coefficient (Wildman–Crippen LogP) is -0.420. The molecule has 0 spiro atoms. The molecule has 0 aromatic carbocycles. The highest BCUT2D eigenvalue weighted by molar-refractivity contribution is 5.76. The molecule has 1 saturated heterocycles. The highest BCUT2D eigenvalue weighted by atomic mass is 16.2. The molecular weight excluding hydrogens is 182 g/mol. The molecule has 0 atom stereocenters. The summed E-state index contributed by atoms with van der Waals surface area (Å²) in [6.45, 7) is 3.89. The van der Waals surface area contributed by atoms with Crippen molar-refractivity contribution in [3.05, 3.63) is 0 Å². The molecule has 0 radical (unpaired) electrons. The van der Waals surface area contributed by atoms with Crippen LogP contribution in [0.25, 0.3) is 0 Å². The highest BCUT2D eigenvalue weighted by Gasteiger charge is 2.10. The highest BCUT2D eigenvalue weighted by Crippen LogP contribution is 2.05. The number of hydrogen-bond acceptors (Lipinski definition) is 3. The van der Waals surface area contributed by atoms with Gasteiger partial charge in [-0.05, 0) is 25.9 Å². The van der Waals surface area contributed by atoms with Crippen LogP contribution in [-0.2, 0) is 4.79 Å². The van der Waals surface area contributed by atoms with Crippen LogP contribution in [0.15, 0.2) is 0 Å². The first-order chi connectivity index (χ1) is 6.83. The third-order valence-corrected chi connectivity index (χ3v) is 2.26. The SMILES string of the molecule is O=CCNC(=O)NCCN1CCCC1. The van der Waals surface area contributed by atoms with E-state index >= 15 is 0 Å². The van der Waals surface area contributed by atoms with E-state index in [1.165, 1.54) is 12.8 Å². The van der Waals surface area contributed by atoms with Gasteiger partial charge in [-0.2, -0.15) is 0 Å². The predicted molar refractivity (Wildman–Crippen MR) is 53.1 cm³/mol. The number of urea groups is 1. The smallest absolute Gasteiger partial charge is 0.315 e. The molecule has 0 unspecified atom stereocenters. The number of rotatable bonds is 5. The molecule has 1 rings (SSSR count). The average molecular weight is 199 g/mol. The van der Waals surface area contributed by atoms with E-state index in [9.17, 15) is 9.59 Å². The van der Waals surface area contributed by atoms with Crippen LogP contribution in [0, 0.1) is 0 Å². The lowest BCUT2D eigenvalue weighted by Crippen LogP contribution is -2.40. The maximum absolute atomic E-state index is 11.0. The molecule has 5 nitrogen and oxygen atoms in total. The van der Waals surface area contributed by atoms with Gasteiger partial charge < -0.3 is 20.3 Å². The molecule has 0 aromatic heterocycles. The zero-order valence-electron chi connectivity index (χ0n) is 8.29. The fourth-order valence-corrected chi connectivity index (χ4v) is 1.53. The topological polar surface area (TPSA) is 61.4 Å². The first kappa shape index (κ1) is 11.0. The largest absolute Gasteiger partial charge is 0.337 e. The summed E-state index contributed by atoms with van der Waals surface area (Å²) in [4.78, 5) is 23.2. The number of carbonyl (C=O) groups excluding carboxylic acids is 2. The van der Waals surface area contributed by atoms with Gasteiger partial charge in [0.2, 0.25) is 0 Å². The van der Waals surface area contributed by atoms with Gasteiger partial charge in [0.25, 0.3) is 0 Å². The molecular formula is C9H17N3O2. The molecule has 1 aliphatic heterocycles. The van der Waals surface area contributed by atoms with Crippen LogP contribution in [0.4, 0.5) is 4.79 Å². The Labute approximate surface area is 83.8 Å². The van der Waals surface area contributed by atoms with Gasteiger partial charge >= 0.3 is 6.03 Å². The van der Waals surface area contributed by atoms with Crippen LogP contribution in [-0.4, -0.2) is 49.9 Å². The zero-order valence-corrected chi connectivity index (χ0v) is 8.29. The number of nitrogens with one attached hydrogen (secondary N) is 2. The summed E-state index contributed by atoms with van der Waals surface area (Å²) in [5.41, 5.74) is 0. The average Bonchev–Trinajstić information content (AvgIpc) is 2.67. The minimum Gasteiger partial charge on any atom is -0.337 e. The van der Waals surface area contributed by atoms with E-state index in [1.807, 2.05) is 0 Å². The summed E-state index contributed by atoms with van der Waals surface area (Å²) in [5, 5.41) is 5.11. The van der Waals surface area contributed by atoms with Crippen molar-refractivity contribution in [2.45, 2.75) is 12.8 Å². The van der Waals surface area contributed by atoms with Gasteiger partial charge in [-0.25, -0.2) is 4.79 Å². The third kappa shape index (κ3) is 4.23. The second-order valence-electron chi connectivity index (χ2n) is 3.35. The van der Waals surface area contributed by atoms with Crippen molar-refractivity contribution in [2.75, 3.05) is 32.7 Å². The number of aldehydes is 1. The Balaban J connectivity index is 1.96. The number of amides is 2. The summed E-state index contributed by atoms with van der Waals surface area (Å²) in [6.07, 6.45) is 3.19. The zero-order chi connectivity index (χ0) is 10.2. The van der Waals surface area contributed by atoms with Gasteiger partial charge in [-0.1, -0.05) is 0 Å². The first-order valence-electron chi connectivity index (χ1n) is 5.00. The van der Waals surface area contributed by atoms with Crippen molar-refractivity contribution < 1.29 is 9.59 Å². The van der Waals surface area contributed by atoms with E-state index in [-0.39, 0.29) is 12.6 Å². The Morgan fingerprint density at radius 2 is 2.00 bits per heavy atom. The van der Waals surface area contributed by atoms with Gasteiger partial charge in [0.1, 0.15) is 6.29 Å². The Morgan fingerprint density at radius 3 is 2.64 bits per heavy atom. The maximum Gasteiger partial charge on any atom is 0.315 e. The molecule has 14 heavy (non-hydrogen) atoms. The molecule has 2 N–H and O–H groups in total. The van der Waals surface area contributed by atoms with Crippen molar-refractivity contribution in [3.63, 3.8) is 0 Å². The third-order valence-electron chi connectivity index (χ3n) is 2.26. The van der Waals surface area contributed by atoms with Gasteiger partial charge in [0, 0.05) is 13.1 Å². The van der Waals surface area contributed by atoms with Crippen molar-refractivity contribution in [1.29, 1.82) is 0 Å². The quantitative estimate of drug-likeness (QED) is 0.591. The van der Waals surface area contributed by atoms with Crippen LogP contribution in [0.2, 0.25) is 0 Å². The summed E-state index contributed by atoms with van der Waals surface area (Å²) in [5.74, 6) is 0. The van der Waals surface area contributed by atoms with E-state index in [0.717, 1.165) is 19.6 Å². The second-order valence-corrected chi connectivity index (χ2v) is 3.35. The van der Waals surface area contributed by atoms with Gasteiger partial charge in [-0.3, -0.25) is 0 Å². The Bertz CT molecular complexity index is 190. The second kappa shape index (κ2) is 6.37. The van der Waals surface area contributed by atoms with Crippen LogP contribution in [0.3, 0.4) is 0 Å². The molecule has 0 aliphatic carbocycles. The van der Waals surface area contributed by atoms with E-state index in [4.69, 9.17) is 0 Å². The van der Waals surface area contributed by atoms with E-state index in [0.29, 0.717) is 12.8 Å². The first-order valence-corrected chi connectivity index (χ1v) is 5.00. The lowest BCUT2D eigenvalue weighted by Gasteiger charge is -2.14. The Kier molecular flexibility index (Phi) is 4.99. The molecule has 5 heteroatoms. The minimum atomic E-state index is -0.267. The number of likely N-dealkylation sites (tertiary alicyclic amines) is 1. The molecule has 1 fully saturated rings. The lowest BCUT2D eigenvalue weighted by molar-refractivity contribution is -0.107. The van der Waals surface area contributed by atoms with Crippen LogP contribution in [0.1, 0.15) is 12.8 Å². The number of nitrogens with zero attached hydrogens (tertiary/aromatic N) is 1. The van der Waals surface area contributed by atoms with Crippen LogP contribution in [0.5, 0.6) is 0 Å². The summed E-state index contributed by atoms with van der Waals surface area (Å²) in [6, 6.07) is -0.267. The van der Waals surface area contributed by atoms with Crippen molar-refractivity contribution in [2.24, 2.45) is 0 Å². The van der Waals surface area contributed by atoms with E-state index < -0.39 is 0 Å². The summed E-state index contributed by atoms with van der Waals surface area (Å²) in [7, 11) is 0. The van der Waals surface area contributed by atoms with Gasteiger partial charge in [-0.15, -0.1) is 0 Å². The summed E-state index contributed by atoms with van der Waals surface area (Å²) < 4.78 is 0. The monoisotopic (exact) mass is 199 g/mol. The van der Waals surface area contributed by atoms with Crippen molar-refractivity contribution in [3.8, 4) is 0 Å². The molecule has 2 amide bonds. The van der Waals surface area contributed by atoms with Crippen LogP contribution >= 0.6 is 0 Å². The standard InChI is InChI=1S/C9H17N3O2/c13-8-4-11-9(14)10-3-7-12-5-1-2-6-12/h8H,1-7H2,(H2,10,11,14). The Hall–Kier alpha value is -1.10. The molecule has 1 aliphatic rings. The Morgan fingerprint density at radius 1 is 1.29 bits per heavy atom. The van der Waals surface area contributed by atoms with Crippen molar-refractivity contribution >= 4 is 12.3 Å². The molecule has 0 aromatic rings. The lowest BCUT2D eigenvalue weighted by atomic mass is 10.4. The number of hydrogen-bond donors (Lipinski definition) is 2. The summed E-state index contributed by atoms with van der Waals surface area (Å²) >= 11 is 0. The fraction of sp³-hybridized carbons (Fsp3) is 0.778. The van der Waals surface area contributed by atoms with Gasteiger partial charge in [0.05, 0.1) is 6.54 Å². The van der Waals surface area contributed by atoms with E-state index in [1.54, 1.807) is 0 Å².